The van der Waals surface area contributed by atoms with Gasteiger partial charge in [-0.15, -0.1) is 22.7 Å². The van der Waals surface area contributed by atoms with Crippen molar-refractivity contribution in [2.75, 3.05) is 0 Å². The molecule has 2 aliphatic heterocycles. The van der Waals surface area contributed by atoms with Gasteiger partial charge in [-0.3, -0.25) is 0 Å². The second-order valence-corrected chi connectivity index (χ2v) is 31.8. The van der Waals surface area contributed by atoms with Crippen LogP contribution in [0.1, 0.15) is 45.7 Å². The Balaban J connectivity index is 0.610. The van der Waals surface area contributed by atoms with Gasteiger partial charge in [0.1, 0.15) is 46.3 Å². The lowest BCUT2D eigenvalue weighted by Crippen LogP contribution is -2.33. The maximum Gasteiger partial charge on any atom is 0.159 e. The third-order valence-corrected chi connectivity index (χ3v) is 25.3. The molecule has 0 bridgehead atoms. The minimum absolute atomic E-state index is 0.361. The number of nitrogens with one attached hydrogen (secondary N) is 2. The molecule has 24 rings (SSSR count). The number of hydrogen-bond acceptors (Lipinski definition) is 10. The van der Waals surface area contributed by atoms with E-state index in [1.165, 1.54) is 57.2 Å². The molecule has 0 saturated heterocycles. The van der Waals surface area contributed by atoms with Gasteiger partial charge in [0.2, 0.25) is 0 Å². The van der Waals surface area contributed by atoms with E-state index in [4.69, 9.17) is 28.8 Å². The molecule has 2 unspecified atom stereocenters. The van der Waals surface area contributed by atoms with Crippen LogP contribution in [0.15, 0.2) is 381 Å². The molecule has 2 N–H and O–H groups in total. The summed E-state index contributed by atoms with van der Waals surface area (Å²) in [6, 6.07) is 126. The molecule has 0 spiro atoms. The Labute approximate surface area is 660 Å². The number of hydrogen-bond donors (Lipinski definition) is 2. The predicted molar refractivity (Wildman–Crippen MR) is 475 cm³/mol. The summed E-state index contributed by atoms with van der Waals surface area (Å²) >= 11 is 3.61. The third kappa shape index (κ3) is 10.3. The molecule has 534 valence electrons. The Kier molecular flexibility index (Phi) is 14.4. The summed E-state index contributed by atoms with van der Waals surface area (Å²) in [4.78, 5) is 21.5. The van der Waals surface area contributed by atoms with Crippen molar-refractivity contribution in [2.45, 2.75) is 12.3 Å². The van der Waals surface area contributed by atoms with Crippen LogP contribution in [0.2, 0.25) is 0 Å². The number of fused-ring (bicyclic) bond motifs is 18. The van der Waals surface area contributed by atoms with Gasteiger partial charge < -0.3 is 28.6 Å². The van der Waals surface area contributed by atoms with Crippen molar-refractivity contribution in [3.8, 4) is 44.8 Å². The van der Waals surface area contributed by atoms with E-state index in [1.54, 1.807) is 22.7 Å². The van der Waals surface area contributed by atoms with E-state index in [1.807, 2.05) is 6.07 Å². The summed E-state index contributed by atoms with van der Waals surface area (Å²) in [5, 5.41) is 21.2. The second kappa shape index (κ2) is 25.5. The number of amidine groups is 4. The highest BCUT2D eigenvalue weighted by Gasteiger charge is 2.28. The zero-order chi connectivity index (χ0) is 74.6. The predicted octanol–water partition coefficient (Wildman–Crippen LogP) is 26.4. The lowest BCUT2D eigenvalue weighted by molar-refractivity contribution is 0.668. The normalized spacial score (nSPS) is 14.7. The van der Waals surface area contributed by atoms with Crippen LogP contribution in [0.3, 0.4) is 0 Å². The van der Waals surface area contributed by atoms with Crippen LogP contribution in [0.25, 0.3) is 173 Å². The fourth-order valence-electron chi connectivity index (χ4n) is 17.8. The first kappa shape index (κ1) is 64.3. The molecule has 2 atom stereocenters. The average Bonchev–Trinajstić information content (AvgIpc) is 1.57. The Morgan fingerprint density at radius 3 is 1.27 bits per heavy atom. The maximum atomic E-state index is 6.76. The van der Waals surface area contributed by atoms with E-state index in [0.29, 0.717) is 11.7 Å². The third-order valence-electron chi connectivity index (χ3n) is 23.0. The van der Waals surface area contributed by atoms with Crippen LogP contribution in [0.4, 0.5) is 0 Å². The Morgan fingerprint density at radius 1 is 0.254 bits per heavy atom. The van der Waals surface area contributed by atoms with Gasteiger partial charge in [-0.05, 0) is 178 Å². The quantitative estimate of drug-likeness (QED) is 0.134. The van der Waals surface area contributed by atoms with E-state index in [2.05, 4.69) is 366 Å². The summed E-state index contributed by atoms with van der Waals surface area (Å²) in [5.41, 5.74) is 22.6. The maximum absolute atomic E-state index is 6.76. The molecule has 10 nitrogen and oxygen atoms in total. The average molecular weight is 1500 g/mol. The van der Waals surface area contributed by atoms with E-state index in [-0.39, 0.29) is 6.17 Å². The van der Waals surface area contributed by atoms with E-state index >= 15 is 0 Å². The van der Waals surface area contributed by atoms with Crippen LogP contribution in [-0.4, -0.2) is 32.5 Å². The molecule has 22 aromatic rings. The number of aliphatic imine (C=N–C) groups is 4. The highest BCUT2D eigenvalue weighted by atomic mass is 32.1. The van der Waals surface area contributed by atoms with Gasteiger partial charge in [0.05, 0.1) is 22.1 Å². The smallest absolute Gasteiger partial charge is 0.159 e. The van der Waals surface area contributed by atoms with Crippen LogP contribution < -0.4 is 10.6 Å². The first-order valence-corrected chi connectivity index (χ1v) is 40.1. The summed E-state index contributed by atoms with van der Waals surface area (Å²) < 4.78 is 23.1. The minimum Gasteiger partial charge on any atom is -0.456 e. The number of aromatic nitrogens is 2. The van der Waals surface area contributed by atoms with Gasteiger partial charge in [0.25, 0.3) is 0 Å². The zero-order valence-electron chi connectivity index (χ0n) is 61.0. The summed E-state index contributed by atoms with van der Waals surface area (Å²) in [5.74, 6) is 2.81. The highest BCUT2D eigenvalue weighted by Crippen LogP contribution is 2.48. The number of para-hydroxylation sites is 4. The van der Waals surface area contributed by atoms with Crippen molar-refractivity contribution in [1.29, 1.82) is 0 Å². The van der Waals surface area contributed by atoms with Crippen molar-refractivity contribution in [3.05, 3.63) is 385 Å². The van der Waals surface area contributed by atoms with Crippen molar-refractivity contribution >= 4 is 174 Å². The summed E-state index contributed by atoms with van der Waals surface area (Å²) in [6.07, 6.45) is -0.767. The molecule has 0 saturated carbocycles. The number of furan rings is 2. The molecular formula is C102H62N8O2S2. The Bertz CT molecular complexity index is 7930. The number of rotatable bonds is 11. The molecule has 114 heavy (non-hydrogen) atoms. The van der Waals surface area contributed by atoms with Gasteiger partial charge in [0.15, 0.2) is 11.7 Å². The van der Waals surface area contributed by atoms with E-state index in [0.717, 1.165) is 160 Å². The first-order valence-electron chi connectivity index (χ1n) is 38.4. The fraction of sp³-hybridized carbons (Fsp3) is 0.0196. The first-order chi connectivity index (χ1) is 56.4. The monoisotopic (exact) mass is 1490 g/mol. The minimum atomic E-state index is -0.406. The molecule has 2 aliphatic rings. The summed E-state index contributed by atoms with van der Waals surface area (Å²) in [7, 11) is 0. The molecule has 8 heterocycles. The topological polar surface area (TPSA) is 110 Å². The molecule has 0 aliphatic carbocycles. The second-order valence-electron chi connectivity index (χ2n) is 29.6. The van der Waals surface area contributed by atoms with E-state index < -0.39 is 6.17 Å². The number of nitrogens with zero attached hydrogens (tertiary/aromatic N) is 6. The largest absolute Gasteiger partial charge is 0.456 e. The van der Waals surface area contributed by atoms with Crippen molar-refractivity contribution in [3.63, 3.8) is 0 Å². The van der Waals surface area contributed by atoms with Crippen LogP contribution >= 0.6 is 22.7 Å². The SMILES string of the molecule is c1ccc(C2N=C(c3ccc4c(c3)sc3ccccc34)N=C(c3ccc4oc5ccc(-c6cc(-c7ccc8c(c7)sc7cc(C9=NC(c%10ccccc%10)NC(c%10ccc%11oc%12cccc(-c%13cccc%14c%13c%13ccccc%13n%14-c%13ccccc%13)c%12c%11c%10)=N9)ccc78)cc7c6c6ccccc6n7-c6ccccc6)cc5c4c3)N2)cc1. The fourth-order valence-corrected chi connectivity index (χ4v) is 20.1. The molecule has 0 radical (unpaired) electrons. The van der Waals surface area contributed by atoms with Crippen LogP contribution in [0, 0.1) is 0 Å². The van der Waals surface area contributed by atoms with Crippen molar-refractivity contribution in [2.24, 2.45) is 20.0 Å². The highest BCUT2D eigenvalue weighted by molar-refractivity contribution is 7.26. The molecule has 16 aromatic carbocycles. The molecule has 0 amide bonds. The molecule has 0 fully saturated rings. The van der Waals surface area contributed by atoms with Crippen molar-refractivity contribution in [1.82, 2.24) is 19.8 Å². The van der Waals surface area contributed by atoms with Crippen LogP contribution in [0.5, 0.6) is 0 Å². The number of benzene rings is 16. The Morgan fingerprint density at radius 2 is 0.675 bits per heavy atom. The lowest BCUT2D eigenvalue weighted by atomic mass is 9.93. The van der Waals surface area contributed by atoms with Crippen molar-refractivity contribution < 1.29 is 8.83 Å². The van der Waals surface area contributed by atoms with Crippen LogP contribution in [-0.2, 0) is 0 Å². The summed E-state index contributed by atoms with van der Waals surface area (Å²) in [6.45, 7) is 0. The molecular weight excluding hydrogens is 1430 g/mol. The number of thiophene rings is 2. The lowest BCUT2D eigenvalue weighted by Gasteiger charge is -2.23. The van der Waals surface area contributed by atoms with Gasteiger partial charge in [-0.25, -0.2) is 20.0 Å². The molecule has 6 aromatic heterocycles. The zero-order valence-corrected chi connectivity index (χ0v) is 62.6. The standard InChI is InChI=1S/C102H62N8O2S2/c1-5-21-59(22-6-1)97-103-99(107-101(105-97)65-40-46-71-70-29-15-18-38-90(70)113-92(71)57-65)63-43-49-87-80(52-63)79-51-62(42-48-86(79)111-87)78-54-67(55-85-95(78)77-31-14-17-35-83(77)110(85)69-27-11-4-12-28-69)61-39-45-72-73-47-41-66(58-93(73)114-91(72)56-61)102-106-98(60-23-7-2-8-24-60)104-100(108-102)64-44-50-88-81(53-64)96-75(33-20-37-89(96)112-88)74-32-19-36-84-94(74)76-30-13-16-34-82(76)109(84)68-25-9-3-10-26-68/h1-58,97-98H,(H,103,105,107)(H,104,106,108). The molecule has 12 heteroatoms. The van der Waals surface area contributed by atoms with Gasteiger partial charge >= 0.3 is 0 Å². The van der Waals surface area contributed by atoms with Gasteiger partial charge in [0, 0.05) is 117 Å². The van der Waals surface area contributed by atoms with Gasteiger partial charge in [-0.1, -0.05) is 218 Å². The van der Waals surface area contributed by atoms with E-state index in [9.17, 15) is 0 Å². The Hall–Kier alpha value is -14.6. The van der Waals surface area contributed by atoms with Gasteiger partial charge in [-0.2, -0.15) is 0 Å².